The maximum absolute atomic E-state index is 5.59. The molecule has 3 heteroatoms. The summed E-state index contributed by atoms with van der Waals surface area (Å²) in [5.74, 6) is 1.31. The molecule has 78 valence electrons. The Hall–Kier alpha value is -0.540. The van der Waals surface area contributed by atoms with Gasteiger partial charge in [-0.15, -0.1) is 0 Å². The van der Waals surface area contributed by atoms with Crippen molar-refractivity contribution in [2.75, 3.05) is 13.2 Å². The lowest BCUT2D eigenvalue weighted by Gasteiger charge is -2.11. The van der Waals surface area contributed by atoms with Crippen molar-refractivity contribution in [2.45, 2.75) is 13.8 Å². The van der Waals surface area contributed by atoms with Crippen LogP contribution in [0.3, 0.4) is 0 Å². The number of aryl methyl sites for hydroxylation is 1. The van der Waals surface area contributed by atoms with E-state index in [4.69, 9.17) is 10.5 Å². The van der Waals surface area contributed by atoms with Gasteiger partial charge in [-0.1, -0.05) is 22.9 Å². The fraction of sp³-hybridized carbons (Fsp3) is 0.455. The Morgan fingerprint density at radius 1 is 1.50 bits per heavy atom. The summed E-state index contributed by atoms with van der Waals surface area (Å²) < 4.78 is 6.70. The topological polar surface area (TPSA) is 35.2 Å². The van der Waals surface area contributed by atoms with Gasteiger partial charge >= 0.3 is 0 Å². The third-order valence-corrected chi connectivity index (χ3v) is 2.96. The molecule has 0 aliphatic carbocycles. The summed E-state index contributed by atoms with van der Waals surface area (Å²) in [5, 5.41) is 0. The van der Waals surface area contributed by atoms with Gasteiger partial charge in [0, 0.05) is 10.4 Å². The third-order valence-electron chi connectivity index (χ3n) is 2.07. The second-order valence-corrected chi connectivity index (χ2v) is 4.42. The van der Waals surface area contributed by atoms with E-state index in [1.54, 1.807) is 0 Å². The molecule has 1 aromatic rings. The van der Waals surface area contributed by atoms with Crippen LogP contribution in [0.25, 0.3) is 0 Å². The summed E-state index contributed by atoms with van der Waals surface area (Å²) in [5.41, 5.74) is 6.69. The Labute approximate surface area is 93.6 Å². The lowest BCUT2D eigenvalue weighted by molar-refractivity contribution is 0.264. The molecule has 0 radical (unpaired) electrons. The summed E-state index contributed by atoms with van der Waals surface area (Å²) in [4.78, 5) is 0. The molecule has 1 aromatic carbocycles. The highest BCUT2D eigenvalue weighted by atomic mass is 79.9. The highest BCUT2D eigenvalue weighted by molar-refractivity contribution is 9.10. The maximum atomic E-state index is 5.59. The third kappa shape index (κ3) is 3.31. The normalized spacial score (nSPS) is 12.6. The van der Waals surface area contributed by atoms with Crippen molar-refractivity contribution in [1.29, 1.82) is 0 Å². The van der Waals surface area contributed by atoms with E-state index in [9.17, 15) is 0 Å². The van der Waals surface area contributed by atoms with E-state index in [-0.39, 0.29) is 0 Å². The van der Waals surface area contributed by atoms with E-state index in [0.717, 1.165) is 10.2 Å². The highest BCUT2D eigenvalue weighted by Gasteiger charge is 2.01. The summed E-state index contributed by atoms with van der Waals surface area (Å²) in [6, 6.07) is 5.98. The quantitative estimate of drug-likeness (QED) is 0.901. The first-order valence-corrected chi connectivity index (χ1v) is 5.51. The first kappa shape index (κ1) is 11.5. The van der Waals surface area contributed by atoms with E-state index in [2.05, 4.69) is 22.9 Å². The molecule has 1 unspecified atom stereocenters. The summed E-state index contributed by atoms with van der Waals surface area (Å²) >= 11 is 3.45. The van der Waals surface area contributed by atoms with Crippen molar-refractivity contribution in [3.05, 3.63) is 28.2 Å². The molecule has 0 amide bonds. The Bertz CT molecular complexity index is 301. The van der Waals surface area contributed by atoms with Gasteiger partial charge in [-0.05, 0) is 37.2 Å². The smallest absolute Gasteiger partial charge is 0.119 e. The van der Waals surface area contributed by atoms with Crippen molar-refractivity contribution in [3.8, 4) is 5.75 Å². The van der Waals surface area contributed by atoms with E-state index >= 15 is 0 Å². The van der Waals surface area contributed by atoms with Crippen LogP contribution in [0.1, 0.15) is 12.5 Å². The SMILES string of the molecule is Cc1cc(OCC(C)CN)ccc1Br. The molecule has 0 aliphatic heterocycles. The molecule has 2 nitrogen and oxygen atoms in total. The van der Waals surface area contributed by atoms with Gasteiger partial charge in [0.05, 0.1) is 6.61 Å². The van der Waals surface area contributed by atoms with Crippen molar-refractivity contribution in [1.82, 2.24) is 0 Å². The van der Waals surface area contributed by atoms with E-state index < -0.39 is 0 Å². The molecule has 0 heterocycles. The second-order valence-electron chi connectivity index (χ2n) is 3.56. The van der Waals surface area contributed by atoms with Crippen LogP contribution in [0.2, 0.25) is 0 Å². The first-order chi connectivity index (χ1) is 6.63. The van der Waals surface area contributed by atoms with Crippen molar-refractivity contribution < 1.29 is 4.74 Å². The zero-order chi connectivity index (χ0) is 10.6. The van der Waals surface area contributed by atoms with E-state index in [1.807, 2.05) is 25.1 Å². The fourth-order valence-electron chi connectivity index (χ4n) is 1.01. The monoisotopic (exact) mass is 257 g/mol. The van der Waals surface area contributed by atoms with Crippen LogP contribution >= 0.6 is 15.9 Å². The first-order valence-electron chi connectivity index (χ1n) is 4.72. The summed E-state index contributed by atoms with van der Waals surface area (Å²) in [7, 11) is 0. The van der Waals surface area contributed by atoms with Crippen LogP contribution in [0, 0.1) is 12.8 Å². The van der Waals surface area contributed by atoms with Gasteiger partial charge < -0.3 is 10.5 Å². The molecule has 2 N–H and O–H groups in total. The fourth-order valence-corrected chi connectivity index (χ4v) is 1.26. The van der Waals surface area contributed by atoms with Gasteiger partial charge in [-0.2, -0.15) is 0 Å². The largest absolute Gasteiger partial charge is 0.493 e. The Balaban J connectivity index is 2.55. The number of benzene rings is 1. The molecule has 1 atom stereocenters. The Morgan fingerprint density at radius 3 is 2.79 bits per heavy atom. The van der Waals surface area contributed by atoms with Crippen molar-refractivity contribution in [3.63, 3.8) is 0 Å². The van der Waals surface area contributed by atoms with E-state index in [1.165, 1.54) is 5.56 Å². The molecular weight excluding hydrogens is 242 g/mol. The van der Waals surface area contributed by atoms with Crippen molar-refractivity contribution >= 4 is 15.9 Å². The molecule has 0 saturated carbocycles. The maximum Gasteiger partial charge on any atom is 0.119 e. The number of halogens is 1. The van der Waals surface area contributed by atoms with Crippen LogP contribution < -0.4 is 10.5 Å². The van der Waals surface area contributed by atoms with Crippen LogP contribution in [-0.2, 0) is 0 Å². The Morgan fingerprint density at radius 2 is 2.21 bits per heavy atom. The molecule has 1 rings (SSSR count). The molecule has 0 saturated heterocycles. The lowest BCUT2D eigenvalue weighted by Crippen LogP contribution is -2.18. The number of nitrogens with two attached hydrogens (primary N) is 1. The Kier molecular flexibility index (Phi) is 4.42. The van der Waals surface area contributed by atoms with Crippen molar-refractivity contribution in [2.24, 2.45) is 11.7 Å². The van der Waals surface area contributed by atoms with Gasteiger partial charge in [-0.25, -0.2) is 0 Å². The van der Waals surface area contributed by atoms with Crippen LogP contribution in [-0.4, -0.2) is 13.2 Å². The predicted octanol–water partition coefficient (Wildman–Crippen LogP) is 2.73. The minimum absolute atomic E-state index is 0.402. The number of hydrogen-bond donors (Lipinski definition) is 1. The van der Waals surface area contributed by atoms with Crippen LogP contribution in [0.15, 0.2) is 22.7 Å². The molecule has 0 aromatic heterocycles. The van der Waals surface area contributed by atoms with Gasteiger partial charge in [0.2, 0.25) is 0 Å². The van der Waals surface area contributed by atoms with E-state index in [0.29, 0.717) is 19.1 Å². The lowest BCUT2D eigenvalue weighted by atomic mass is 10.2. The second kappa shape index (κ2) is 5.37. The minimum Gasteiger partial charge on any atom is -0.493 e. The number of hydrogen-bond acceptors (Lipinski definition) is 2. The molecule has 14 heavy (non-hydrogen) atoms. The molecule has 0 aliphatic rings. The van der Waals surface area contributed by atoms with Gasteiger partial charge in [0.15, 0.2) is 0 Å². The zero-order valence-corrected chi connectivity index (χ0v) is 10.2. The molecular formula is C11H16BrNO. The minimum atomic E-state index is 0.402. The van der Waals surface area contributed by atoms with Crippen LogP contribution in [0.5, 0.6) is 5.75 Å². The molecule has 0 spiro atoms. The van der Waals surface area contributed by atoms with Crippen LogP contribution in [0.4, 0.5) is 0 Å². The average molecular weight is 258 g/mol. The van der Waals surface area contributed by atoms with Gasteiger partial charge in [0.1, 0.15) is 5.75 Å². The standard InChI is InChI=1S/C11H16BrNO/c1-8(6-13)7-14-10-3-4-11(12)9(2)5-10/h3-5,8H,6-7,13H2,1-2H3. The predicted molar refractivity (Wildman–Crippen MR) is 62.6 cm³/mol. The average Bonchev–Trinajstić information content (AvgIpc) is 2.19. The van der Waals surface area contributed by atoms with Gasteiger partial charge in [-0.3, -0.25) is 0 Å². The summed E-state index contributed by atoms with van der Waals surface area (Å²) in [6.07, 6.45) is 0. The molecule has 0 bridgehead atoms. The van der Waals surface area contributed by atoms with Gasteiger partial charge in [0.25, 0.3) is 0 Å². The number of ether oxygens (including phenoxy) is 1. The highest BCUT2D eigenvalue weighted by Crippen LogP contribution is 2.21. The molecule has 0 fully saturated rings. The zero-order valence-electron chi connectivity index (χ0n) is 8.59. The number of rotatable bonds is 4. The summed E-state index contributed by atoms with van der Waals surface area (Å²) in [6.45, 7) is 5.46.